The monoisotopic (exact) mass is 260 g/mol. The zero-order valence-electron chi connectivity index (χ0n) is 10.4. The van der Waals surface area contributed by atoms with Gasteiger partial charge in [0.05, 0.1) is 0 Å². The molecule has 1 aliphatic rings. The van der Waals surface area contributed by atoms with E-state index in [0.29, 0.717) is 5.69 Å². The van der Waals surface area contributed by atoms with Crippen LogP contribution in [-0.2, 0) is 4.79 Å². The summed E-state index contributed by atoms with van der Waals surface area (Å²) in [7, 11) is 0. The second-order valence-corrected chi connectivity index (χ2v) is 4.52. The van der Waals surface area contributed by atoms with E-state index in [1.54, 1.807) is 24.3 Å². The van der Waals surface area contributed by atoms with Crippen LogP contribution in [0, 0.1) is 0 Å². The number of amides is 2. The summed E-state index contributed by atoms with van der Waals surface area (Å²) in [4.78, 5) is 22.1. The van der Waals surface area contributed by atoms with Gasteiger partial charge in [0.1, 0.15) is 0 Å². The summed E-state index contributed by atoms with van der Waals surface area (Å²) >= 11 is 0. The molecular formula is C14H16N2O3. The van der Waals surface area contributed by atoms with Crippen molar-refractivity contribution in [2.45, 2.75) is 25.3 Å². The maximum Gasteiger partial charge on any atom is 0.328 e. The number of anilines is 1. The number of carboxylic acid groups (broad SMARTS) is 1. The number of urea groups is 1. The Morgan fingerprint density at radius 3 is 2.74 bits per heavy atom. The number of aliphatic carboxylic acids is 1. The normalized spacial score (nSPS) is 14.9. The van der Waals surface area contributed by atoms with Crippen molar-refractivity contribution >= 4 is 23.8 Å². The Bertz CT molecular complexity index is 507. The van der Waals surface area contributed by atoms with Crippen molar-refractivity contribution in [3.8, 4) is 0 Å². The Labute approximate surface area is 111 Å². The van der Waals surface area contributed by atoms with Gasteiger partial charge in [-0.25, -0.2) is 9.59 Å². The van der Waals surface area contributed by atoms with E-state index in [-0.39, 0.29) is 12.1 Å². The molecule has 0 spiro atoms. The fourth-order valence-electron chi connectivity index (χ4n) is 1.79. The van der Waals surface area contributed by atoms with Gasteiger partial charge in [0.15, 0.2) is 0 Å². The average Bonchev–Trinajstić information content (AvgIpc) is 2.32. The summed E-state index contributed by atoms with van der Waals surface area (Å²) in [5, 5.41) is 14.2. The zero-order valence-corrected chi connectivity index (χ0v) is 10.4. The molecule has 0 atom stereocenters. The van der Waals surface area contributed by atoms with E-state index < -0.39 is 5.97 Å². The molecule has 0 aromatic heterocycles. The van der Waals surface area contributed by atoms with Crippen LogP contribution in [0.25, 0.3) is 6.08 Å². The molecule has 2 amide bonds. The third kappa shape index (κ3) is 4.13. The average molecular weight is 260 g/mol. The molecule has 0 bridgehead atoms. The Hall–Kier alpha value is -2.30. The summed E-state index contributed by atoms with van der Waals surface area (Å²) in [6.07, 6.45) is 5.79. The summed E-state index contributed by atoms with van der Waals surface area (Å²) in [6.45, 7) is 0. The SMILES string of the molecule is O=C(O)/C=C/c1cccc(NC(=O)NC2CCC2)c1. The van der Waals surface area contributed by atoms with E-state index in [2.05, 4.69) is 10.6 Å². The molecule has 0 unspecified atom stereocenters. The highest BCUT2D eigenvalue weighted by atomic mass is 16.4. The molecule has 1 saturated carbocycles. The number of carbonyl (C=O) groups excluding carboxylic acids is 1. The molecule has 1 aliphatic carbocycles. The molecule has 1 fully saturated rings. The molecule has 19 heavy (non-hydrogen) atoms. The highest BCUT2D eigenvalue weighted by Crippen LogP contribution is 2.18. The first-order valence-corrected chi connectivity index (χ1v) is 6.22. The van der Waals surface area contributed by atoms with Crippen molar-refractivity contribution in [2.24, 2.45) is 0 Å². The molecule has 3 N–H and O–H groups in total. The first kappa shape index (κ1) is 13.1. The lowest BCUT2D eigenvalue weighted by molar-refractivity contribution is -0.131. The van der Waals surface area contributed by atoms with E-state index in [4.69, 9.17) is 5.11 Å². The number of hydrogen-bond donors (Lipinski definition) is 3. The van der Waals surface area contributed by atoms with E-state index in [9.17, 15) is 9.59 Å². The van der Waals surface area contributed by atoms with Crippen molar-refractivity contribution in [3.63, 3.8) is 0 Å². The third-order valence-electron chi connectivity index (χ3n) is 3.00. The van der Waals surface area contributed by atoms with Gasteiger partial charge >= 0.3 is 12.0 Å². The summed E-state index contributed by atoms with van der Waals surface area (Å²) < 4.78 is 0. The van der Waals surface area contributed by atoms with Crippen molar-refractivity contribution in [1.82, 2.24) is 5.32 Å². The number of nitrogens with one attached hydrogen (secondary N) is 2. The highest BCUT2D eigenvalue weighted by molar-refractivity contribution is 5.90. The van der Waals surface area contributed by atoms with Crippen LogP contribution in [0.4, 0.5) is 10.5 Å². The minimum Gasteiger partial charge on any atom is -0.478 e. The maximum atomic E-state index is 11.7. The van der Waals surface area contributed by atoms with Crippen LogP contribution < -0.4 is 10.6 Å². The zero-order chi connectivity index (χ0) is 13.7. The van der Waals surface area contributed by atoms with Gasteiger partial charge in [0, 0.05) is 17.8 Å². The molecular weight excluding hydrogens is 244 g/mol. The molecule has 0 saturated heterocycles. The first-order chi connectivity index (χ1) is 9.13. The number of carbonyl (C=O) groups is 2. The second kappa shape index (κ2) is 6.04. The van der Waals surface area contributed by atoms with Crippen LogP contribution >= 0.6 is 0 Å². The van der Waals surface area contributed by atoms with E-state index in [1.807, 2.05) is 0 Å². The van der Waals surface area contributed by atoms with Crippen molar-refractivity contribution in [3.05, 3.63) is 35.9 Å². The lowest BCUT2D eigenvalue weighted by Gasteiger charge is -2.26. The van der Waals surface area contributed by atoms with E-state index in [0.717, 1.165) is 24.5 Å². The molecule has 5 heteroatoms. The Morgan fingerprint density at radius 1 is 1.32 bits per heavy atom. The van der Waals surface area contributed by atoms with Crippen LogP contribution in [-0.4, -0.2) is 23.1 Å². The molecule has 100 valence electrons. The summed E-state index contributed by atoms with van der Waals surface area (Å²) in [6, 6.07) is 7.09. The number of rotatable bonds is 4. The van der Waals surface area contributed by atoms with Crippen LogP contribution in [0.5, 0.6) is 0 Å². The fraction of sp³-hybridized carbons (Fsp3) is 0.286. The number of carboxylic acids is 1. The summed E-state index contributed by atoms with van der Waals surface area (Å²) in [5.41, 5.74) is 1.37. The van der Waals surface area contributed by atoms with Gasteiger partial charge in [-0.3, -0.25) is 0 Å². The van der Waals surface area contributed by atoms with Gasteiger partial charge in [-0.2, -0.15) is 0 Å². The minimum atomic E-state index is -0.999. The van der Waals surface area contributed by atoms with Crippen LogP contribution in [0.2, 0.25) is 0 Å². The maximum absolute atomic E-state index is 11.7. The van der Waals surface area contributed by atoms with Crippen molar-refractivity contribution < 1.29 is 14.7 Å². The highest BCUT2D eigenvalue weighted by Gasteiger charge is 2.19. The summed E-state index contributed by atoms with van der Waals surface area (Å²) in [5.74, 6) is -0.999. The first-order valence-electron chi connectivity index (χ1n) is 6.22. The van der Waals surface area contributed by atoms with Gasteiger partial charge in [-0.1, -0.05) is 12.1 Å². The second-order valence-electron chi connectivity index (χ2n) is 4.52. The predicted molar refractivity (Wildman–Crippen MR) is 72.9 cm³/mol. The molecule has 2 rings (SSSR count). The topological polar surface area (TPSA) is 78.4 Å². The van der Waals surface area contributed by atoms with Gasteiger partial charge < -0.3 is 15.7 Å². The number of benzene rings is 1. The minimum absolute atomic E-state index is 0.218. The largest absolute Gasteiger partial charge is 0.478 e. The van der Waals surface area contributed by atoms with Crippen molar-refractivity contribution in [1.29, 1.82) is 0 Å². The van der Waals surface area contributed by atoms with E-state index in [1.165, 1.54) is 12.5 Å². The number of hydrogen-bond acceptors (Lipinski definition) is 2. The van der Waals surface area contributed by atoms with Crippen molar-refractivity contribution in [2.75, 3.05) is 5.32 Å². The lowest BCUT2D eigenvalue weighted by Crippen LogP contribution is -2.41. The van der Waals surface area contributed by atoms with Crippen LogP contribution in [0.3, 0.4) is 0 Å². The smallest absolute Gasteiger partial charge is 0.328 e. The standard InChI is InChI=1S/C14H16N2O3/c17-13(18)8-7-10-3-1-6-12(9-10)16-14(19)15-11-4-2-5-11/h1,3,6-9,11H,2,4-5H2,(H,17,18)(H2,15,16,19)/b8-7+. The molecule has 1 aromatic carbocycles. The Kier molecular flexibility index (Phi) is 4.18. The van der Waals surface area contributed by atoms with E-state index >= 15 is 0 Å². The quantitative estimate of drug-likeness (QED) is 0.728. The lowest BCUT2D eigenvalue weighted by atomic mass is 9.93. The molecule has 0 heterocycles. The predicted octanol–water partition coefficient (Wildman–Crippen LogP) is 2.46. The fourth-order valence-corrected chi connectivity index (χ4v) is 1.79. The molecule has 5 nitrogen and oxygen atoms in total. The van der Waals surface area contributed by atoms with Crippen LogP contribution in [0.1, 0.15) is 24.8 Å². The van der Waals surface area contributed by atoms with Crippen LogP contribution in [0.15, 0.2) is 30.3 Å². The Morgan fingerprint density at radius 2 is 2.11 bits per heavy atom. The third-order valence-corrected chi connectivity index (χ3v) is 3.00. The van der Waals surface area contributed by atoms with Gasteiger partial charge in [-0.05, 0) is 43.0 Å². The van der Waals surface area contributed by atoms with Gasteiger partial charge in [0.25, 0.3) is 0 Å². The molecule has 1 aromatic rings. The Balaban J connectivity index is 1.94. The molecule has 0 radical (unpaired) electrons. The van der Waals surface area contributed by atoms with Gasteiger partial charge in [0.2, 0.25) is 0 Å². The molecule has 0 aliphatic heterocycles. The van der Waals surface area contributed by atoms with Gasteiger partial charge in [-0.15, -0.1) is 0 Å².